The summed E-state index contributed by atoms with van der Waals surface area (Å²) >= 11 is 0. The molecule has 3 rings (SSSR count). The van der Waals surface area contributed by atoms with Gasteiger partial charge < -0.3 is 0 Å². The van der Waals surface area contributed by atoms with Gasteiger partial charge in [-0.3, -0.25) is 0 Å². The van der Waals surface area contributed by atoms with E-state index in [1.807, 2.05) is 6.07 Å². The summed E-state index contributed by atoms with van der Waals surface area (Å²) in [6.07, 6.45) is 4.01. The largest absolute Gasteiger partial charge is 0.416 e. The van der Waals surface area contributed by atoms with Crippen LogP contribution in [-0.4, -0.2) is 0 Å². The SMILES string of the molecule is CCC(C)CCC1CCC(c2ccc(-c3ccc(C(F)(F)F)cc3)c(F)c2)CC1. The molecule has 1 aliphatic carbocycles. The lowest BCUT2D eigenvalue weighted by Gasteiger charge is -2.29. The lowest BCUT2D eigenvalue weighted by Crippen LogP contribution is -2.14. The van der Waals surface area contributed by atoms with Crippen molar-refractivity contribution in [2.75, 3.05) is 0 Å². The van der Waals surface area contributed by atoms with Crippen LogP contribution in [0, 0.1) is 17.7 Å². The second-order valence-electron chi connectivity index (χ2n) is 8.62. The summed E-state index contributed by atoms with van der Waals surface area (Å²) in [7, 11) is 0. The van der Waals surface area contributed by atoms with Gasteiger partial charge in [-0.05, 0) is 72.8 Å². The minimum absolute atomic E-state index is 0.352. The average molecular weight is 407 g/mol. The first kappa shape index (κ1) is 21.9. The normalized spacial score (nSPS) is 21.2. The van der Waals surface area contributed by atoms with Gasteiger partial charge in [-0.2, -0.15) is 13.2 Å². The fourth-order valence-corrected chi connectivity index (χ4v) is 4.37. The van der Waals surface area contributed by atoms with E-state index in [1.165, 1.54) is 44.2 Å². The summed E-state index contributed by atoms with van der Waals surface area (Å²) in [5.74, 6) is 1.60. The van der Waals surface area contributed by atoms with Gasteiger partial charge in [-0.1, -0.05) is 57.4 Å². The molecule has 0 heterocycles. The number of rotatable bonds is 6. The van der Waals surface area contributed by atoms with Crippen LogP contribution in [0.15, 0.2) is 42.5 Å². The van der Waals surface area contributed by atoms with Crippen molar-refractivity contribution < 1.29 is 17.6 Å². The Kier molecular flexibility index (Phi) is 7.02. The molecule has 0 N–H and O–H groups in total. The summed E-state index contributed by atoms with van der Waals surface area (Å²) in [6, 6.07) is 9.92. The van der Waals surface area contributed by atoms with Crippen molar-refractivity contribution in [3.05, 3.63) is 59.4 Å². The third-order valence-corrected chi connectivity index (χ3v) is 6.60. The molecule has 0 nitrogen and oxygen atoms in total. The fourth-order valence-electron chi connectivity index (χ4n) is 4.37. The number of benzene rings is 2. The van der Waals surface area contributed by atoms with Gasteiger partial charge >= 0.3 is 6.18 Å². The molecule has 0 aliphatic heterocycles. The van der Waals surface area contributed by atoms with E-state index in [1.54, 1.807) is 12.1 Å². The highest BCUT2D eigenvalue weighted by Crippen LogP contribution is 2.39. The van der Waals surface area contributed by atoms with Crippen molar-refractivity contribution in [2.24, 2.45) is 11.8 Å². The first-order valence-corrected chi connectivity index (χ1v) is 10.7. The summed E-state index contributed by atoms with van der Waals surface area (Å²) in [5, 5.41) is 0. The van der Waals surface area contributed by atoms with Crippen molar-refractivity contribution >= 4 is 0 Å². The molecule has 0 saturated heterocycles. The van der Waals surface area contributed by atoms with E-state index < -0.39 is 11.7 Å². The standard InChI is InChI=1S/C25H30F4/c1-3-17(2)4-5-18-6-8-19(9-7-18)21-12-15-23(24(26)16-21)20-10-13-22(14-11-20)25(27,28)29/h10-19H,3-9H2,1-2H3. The number of hydrogen-bond acceptors (Lipinski definition) is 0. The molecular formula is C25H30F4. The third kappa shape index (κ3) is 5.61. The molecule has 1 unspecified atom stereocenters. The van der Waals surface area contributed by atoms with Gasteiger partial charge in [0.05, 0.1) is 5.56 Å². The van der Waals surface area contributed by atoms with Crippen LogP contribution in [0.25, 0.3) is 11.1 Å². The maximum atomic E-state index is 14.7. The first-order chi connectivity index (χ1) is 13.8. The Balaban J connectivity index is 1.63. The molecule has 158 valence electrons. The predicted molar refractivity (Wildman–Crippen MR) is 110 cm³/mol. The van der Waals surface area contributed by atoms with E-state index in [0.717, 1.165) is 42.4 Å². The number of alkyl halides is 3. The van der Waals surface area contributed by atoms with E-state index in [0.29, 0.717) is 17.0 Å². The van der Waals surface area contributed by atoms with Crippen LogP contribution >= 0.6 is 0 Å². The van der Waals surface area contributed by atoms with Crippen molar-refractivity contribution in [3.8, 4) is 11.1 Å². The third-order valence-electron chi connectivity index (χ3n) is 6.60. The van der Waals surface area contributed by atoms with E-state index in [4.69, 9.17) is 0 Å². The zero-order valence-electron chi connectivity index (χ0n) is 17.2. The molecule has 29 heavy (non-hydrogen) atoms. The Morgan fingerprint density at radius 2 is 1.62 bits per heavy atom. The summed E-state index contributed by atoms with van der Waals surface area (Å²) < 4.78 is 52.9. The van der Waals surface area contributed by atoms with Gasteiger partial charge in [0.1, 0.15) is 5.82 Å². The second kappa shape index (κ2) is 9.32. The first-order valence-electron chi connectivity index (χ1n) is 10.7. The Morgan fingerprint density at radius 1 is 0.966 bits per heavy atom. The van der Waals surface area contributed by atoms with E-state index in [2.05, 4.69) is 13.8 Å². The molecule has 2 aromatic carbocycles. The van der Waals surface area contributed by atoms with E-state index >= 15 is 0 Å². The highest BCUT2D eigenvalue weighted by atomic mass is 19.4. The van der Waals surface area contributed by atoms with Crippen LogP contribution in [0.5, 0.6) is 0 Å². The van der Waals surface area contributed by atoms with E-state index in [9.17, 15) is 17.6 Å². The van der Waals surface area contributed by atoms with Crippen molar-refractivity contribution in [2.45, 2.75) is 70.9 Å². The van der Waals surface area contributed by atoms with Crippen molar-refractivity contribution in [1.29, 1.82) is 0 Å². The molecule has 1 aliphatic rings. The maximum absolute atomic E-state index is 14.7. The maximum Gasteiger partial charge on any atom is 0.416 e. The minimum Gasteiger partial charge on any atom is -0.206 e. The van der Waals surface area contributed by atoms with Gasteiger partial charge in [-0.15, -0.1) is 0 Å². The van der Waals surface area contributed by atoms with E-state index in [-0.39, 0.29) is 5.82 Å². The van der Waals surface area contributed by atoms with Gasteiger partial charge in [-0.25, -0.2) is 4.39 Å². The van der Waals surface area contributed by atoms with Crippen LogP contribution in [0.4, 0.5) is 17.6 Å². The molecule has 0 bridgehead atoms. The molecule has 0 amide bonds. The van der Waals surface area contributed by atoms with Gasteiger partial charge in [0.2, 0.25) is 0 Å². The highest BCUT2D eigenvalue weighted by molar-refractivity contribution is 5.65. The Bertz CT molecular complexity index is 783. The molecule has 2 aromatic rings. The van der Waals surface area contributed by atoms with Gasteiger partial charge in [0, 0.05) is 5.56 Å². The van der Waals surface area contributed by atoms with Crippen molar-refractivity contribution in [1.82, 2.24) is 0 Å². The minimum atomic E-state index is -4.38. The predicted octanol–water partition coefficient (Wildman–Crippen LogP) is 8.61. The number of hydrogen-bond donors (Lipinski definition) is 0. The summed E-state index contributed by atoms with van der Waals surface area (Å²) in [6.45, 7) is 4.55. The summed E-state index contributed by atoms with van der Waals surface area (Å²) in [5.41, 5.74) is 1.11. The second-order valence-corrected chi connectivity index (χ2v) is 8.62. The molecule has 1 saturated carbocycles. The molecule has 0 radical (unpaired) electrons. The molecule has 0 spiro atoms. The zero-order chi connectivity index (χ0) is 21.0. The highest BCUT2D eigenvalue weighted by Gasteiger charge is 2.30. The lowest BCUT2D eigenvalue weighted by atomic mass is 9.76. The van der Waals surface area contributed by atoms with Crippen molar-refractivity contribution in [3.63, 3.8) is 0 Å². The van der Waals surface area contributed by atoms with Crippen LogP contribution in [0.3, 0.4) is 0 Å². The monoisotopic (exact) mass is 406 g/mol. The van der Waals surface area contributed by atoms with Crippen LogP contribution in [0.1, 0.15) is 75.8 Å². The molecular weight excluding hydrogens is 376 g/mol. The lowest BCUT2D eigenvalue weighted by molar-refractivity contribution is -0.137. The smallest absolute Gasteiger partial charge is 0.206 e. The van der Waals surface area contributed by atoms with Crippen LogP contribution in [-0.2, 0) is 6.18 Å². The quantitative estimate of drug-likeness (QED) is 0.421. The fraction of sp³-hybridized carbons (Fsp3) is 0.520. The average Bonchev–Trinajstić information content (AvgIpc) is 2.71. The molecule has 4 heteroatoms. The summed E-state index contributed by atoms with van der Waals surface area (Å²) in [4.78, 5) is 0. The Morgan fingerprint density at radius 3 is 2.17 bits per heavy atom. The topological polar surface area (TPSA) is 0 Å². The Hall–Kier alpha value is -1.84. The molecule has 1 fully saturated rings. The molecule has 0 aromatic heterocycles. The van der Waals surface area contributed by atoms with Crippen LogP contribution in [0.2, 0.25) is 0 Å². The number of halogens is 4. The van der Waals surface area contributed by atoms with Crippen LogP contribution < -0.4 is 0 Å². The van der Waals surface area contributed by atoms with Gasteiger partial charge in [0.25, 0.3) is 0 Å². The molecule has 1 atom stereocenters. The zero-order valence-corrected chi connectivity index (χ0v) is 17.2. The van der Waals surface area contributed by atoms with Gasteiger partial charge in [0.15, 0.2) is 0 Å². The Labute approximate surface area is 171 Å².